The van der Waals surface area contributed by atoms with Crippen LogP contribution in [0.15, 0.2) is 117 Å². The van der Waals surface area contributed by atoms with Gasteiger partial charge in [-0.1, -0.05) is 24.3 Å². The van der Waals surface area contributed by atoms with Crippen LogP contribution in [0.25, 0.3) is 0 Å². The average Bonchev–Trinajstić information content (AvgIpc) is 3.85. The van der Waals surface area contributed by atoms with Gasteiger partial charge < -0.3 is 31.5 Å². The van der Waals surface area contributed by atoms with Crippen LogP contribution in [-0.2, 0) is 9.59 Å². The Balaban J connectivity index is 0.000000808. The van der Waals surface area contributed by atoms with Crippen molar-refractivity contribution < 1.29 is 29.4 Å². The van der Waals surface area contributed by atoms with Crippen molar-refractivity contribution in [1.29, 1.82) is 0 Å². The molecule has 14 nitrogen and oxygen atoms in total. The monoisotopic (exact) mass is 648 g/mol. The number of carbonyl (C=O) groups is 4. The molecule has 6 N–H and O–H groups in total. The maximum atomic E-state index is 12.8. The molecule has 2 heterocycles. The van der Waals surface area contributed by atoms with Gasteiger partial charge in [0, 0.05) is 46.7 Å². The van der Waals surface area contributed by atoms with Crippen LogP contribution in [-0.4, -0.2) is 72.8 Å². The Labute approximate surface area is 275 Å². The Hall–Kier alpha value is -6.70. The molecule has 0 saturated heterocycles. The number of anilines is 2. The minimum Gasteiger partial charge on any atom is -0.483 e. The molecular formula is C34H32N8O6. The van der Waals surface area contributed by atoms with Crippen LogP contribution in [0.5, 0.6) is 0 Å². The Morgan fingerprint density at radius 1 is 0.625 bits per heavy atom. The van der Waals surface area contributed by atoms with E-state index in [0.717, 1.165) is 49.0 Å². The fraction of sp³-hybridized carbons (Fsp3) is 0.118. The van der Waals surface area contributed by atoms with Crippen molar-refractivity contribution in [2.24, 2.45) is 20.2 Å². The third-order valence-corrected chi connectivity index (χ3v) is 6.68. The smallest absolute Gasteiger partial charge is 0.290 e. The molecule has 14 heteroatoms. The molecule has 4 aromatic carbocycles. The van der Waals surface area contributed by atoms with E-state index in [1.54, 1.807) is 48.5 Å². The first-order valence-corrected chi connectivity index (χ1v) is 14.6. The highest BCUT2D eigenvalue weighted by Crippen LogP contribution is 2.21. The van der Waals surface area contributed by atoms with Crippen molar-refractivity contribution in [2.45, 2.75) is 0 Å². The lowest BCUT2D eigenvalue weighted by molar-refractivity contribution is -0.123. The predicted octanol–water partition coefficient (Wildman–Crippen LogP) is 4.71. The number of benzene rings is 4. The van der Waals surface area contributed by atoms with Crippen molar-refractivity contribution in [3.05, 3.63) is 119 Å². The maximum Gasteiger partial charge on any atom is 0.290 e. The van der Waals surface area contributed by atoms with Crippen molar-refractivity contribution >= 4 is 59.2 Å². The molecule has 2 amide bonds. The van der Waals surface area contributed by atoms with Crippen molar-refractivity contribution in [3.63, 3.8) is 0 Å². The molecule has 0 spiro atoms. The van der Waals surface area contributed by atoms with Crippen LogP contribution < -0.4 is 21.3 Å². The van der Waals surface area contributed by atoms with Gasteiger partial charge in [-0.05, 0) is 72.8 Å². The van der Waals surface area contributed by atoms with Gasteiger partial charge in [-0.2, -0.15) is 10.2 Å². The summed E-state index contributed by atoms with van der Waals surface area (Å²) < 4.78 is 0. The van der Waals surface area contributed by atoms with Crippen LogP contribution in [0.4, 0.5) is 22.7 Å². The highest BCUT2D eigenvalue weighted by molar-refractivity contribution is 6.07. The van der Waals surface area contributed by atoms with Gasteiger partial charge in [0.25, 0.3) is 24.8 Å². The number of aliphatic imine (C=N–C) groups is 2. The standard InChI is InChI=1S/C32H28N8O2.2CH2O2/c41-31(37-27-5-1-3-23(19-27)29-33-15-16-34-29)21-7-11-25(12-8-21)39-40-26-13-9-22(10-14-26)32(42)38-28-6-2-4-24(20-28)30-35-17-18-36-30;2*2-1-3/h1-14,19-20H,15-18H2,(H,33,34)(H,35,36)(H,37,41)(H,38,42);2*1H,(H,2,3). The molecular weight excluding hydrogens is 616 g/mol. The first-order valence-electron chi connectivity index (χ1n) is 14.6. The minimum atomic E-state index is -0.250. The summed E-state index contributed by atoms with van der Waals surface area (Å²) in [5, 5.41) is 34.6. The number of amides is 2. The molecule has 0 fully saturated rings. The second-order valence-electron chi connectivity index (χ2n) is 9.89. The Morgan fingerprint density at radius 3 is 1.33 bits per heavy atom. The molecule has 2 aliphatic rings. The van der Waals surface area contributed by atoms with Crippen molar-refractivity contribution in [1.82, 2.24) is 10.6 Å². The second kappa shape index (κ2) is 17.7. The van der Waals surface area contributed by atoms with Gasteiger partial charge in [-0.3, -0.25) is 29.2 Å². The molecule has 0 radical (unpaired) electrons. The molecule has 6 rings (SSSR count). The molecule has 2 aliphatic heterocycles. The molecule has 48 heavy (non-hydrogen) atoms. The summed E-state index contributed by atoms with van der Waals surface area (Å²) in [5.74, 6) is 1.24. The Bertz CT molecular complexity index is 1690. The van der Waals surface area contributed by atoms with E-state index in [0.29, 0.717) is 33.9 Å². The van der Waals surface area contributed by atoms with E-state index < -0.39 is 0 Å². The number of nitrogens with zero attached hydrogens (tertiary/aromatic N) is 4. The zero-order valence-corrected chi connectivity index (χ0v) is 25.5. The number of nitrogens with one attached hydrogen (secondary N) is 4. The number of hydrogen-bond donors (Lipinski definition) is 6. The van der Waals surface area contributed by atoms with Crippen molar-refractivity contribution in [3.8, 4) is 0 Å². The summed E-state index contributed by atoms with van der Waals surface area (Å²) in [4.78, 5) is 51.1. The van der Waals surface area contributed by atoms with E-state index in [1.807, 2.05) is 48.5 Å². The van der Waals surface area contributed by atoms with Gasteiger partial charge in [0.1, 0.15) is 11.7 Å². The van der Waals surface area contributed by atoms with Crippen LogP contribution in [0.1, 0.15) is 31.8 Å². The molecule has 244 valence electrons. The van der Waals surface area contributed by atoms with Crippen LogP contribution in [0, 0.1) is 0 Å². The zero-order valence-electron chi connectivity index (χ0n) is 25.5. The van der Waals surface area contributed by atoms with Crippen LogP contribution >= 0.6 is 0 Å². The van der Waals surface area contributed by atoms with E-state index in [-0.39, 0.29) is 24.8 Å². The number of azo groups is 1. The van der Waals surface area contributed by atoms with Gasteiger partial charge in [0.05, 0.1) is 24.5 Å². The number of carboxylic acid groups (broad SMARTS) is 2. The SMILES string of the molecule is O=C(Nc1cccc(C2=NCCN2)c1)c1ccc(N=Nc2ccc(C(=O)Nc3cccc(C4=NCCN4)c3)cc2)cc1.O=CO.O=CO. The summed E-state index contributed by atoms with van der Waals surface area (Å²) in [5.41, 5.74) is 5.47. The van der Waals surface area contributed by atoms with Gasteiger partial charge in [0.2, 0.25) is 0 Å². The van der Waals surface area contributed by atoms with Gasteiger partial charge >= 0.3 is 0 Å². The van der Waals surface area contributed by atoms with Gasteiger partial charge in [-0.25, -0.2) is 0 Å². The molecule has 0 saturated carbocycles. The van der Waals surface area contributed by atoms with Gasteiger partial charge in [-0.15, -0.1) is 0 Å². The number of rotatable bonds is 8. The molecule has 0 aromatic heterocycles. The number of carbonyl (C=O) groups excluding carboxylic acids is 2. The molecule has 4 aromatic rings. The third-order valence-electron chi connectivity index (χ3n) is 6.68. The third kappa shape index (κ3) is 9.90. The number of amidine groups is 2. The quantitative estimate of drug-likeness (QED) is 0.116. The van der Waals surface area contributed by atoms with Crippen LogP contribution in [0.2, 0.25) is 0 Å². The molecule has 0 bridgehead atoms. The number of hydrogen-bond acceptors (Lipinski definition) is 10. The second-order valence-corrected chi connectivity index (χ2v) is 9.89. The predicted molar refractivity (Wildman–Crippen MR) is 182 cm³/mol. The van der Waals surface area contributed by atoms with E-state index >= 15 is 0 Å². The zero-order chi connectivity index (χ0) is 34.1. The minimum absolute atomic E-state index is 0.221. The fourth-order valence-electron chi connectivity index (χ4n) is 4.55. The summed E-state index contributed by atoms with van der Waals surface area (Å²) in [6.07, 6.45) is 0. The summed E-state index contributed by atoms with van der Waals surface area (Å²) in [6, 6.07) is 28.9. The molecule has 0 unspecified atom stereocenters. The maximum absolute atomic E-state index is 12.8. The van der Waals surface area contributed by atoms with E-state index in [4.69, 9.17) is 19.8 Å². The summed E-state index contributed by atoms with van der Waals surface area (Å²) >= 11 is 0. The first-order chi connectivity index (χ1) is 23.4. The highest BCUT2D eigenvalue weighted by atomic mass is 16.3. The summed E-state index contributed by atoms with van der Waals surface area (Å²) in [6.45, 7) is 2.65. The fourth-order valence-corrected chi connectivity index (χ4v) is 4.55. The molecule has 0 aliphatic carbocycles. The van der Waals surface area contributed by atoms with Gasteiger partial charge in [0.15, 0.2) is 0 Å². The first kappa shape index (κ1) is 34.2. The topological polar surface area (TPSA) is 206 Å². The Kier molecular flexibility index (Phi) is 12.6. The van der Waals surface area contributed by atoms with E-state index in [9.17, 15) is 9.59 Å². The van der Waals surface area contributed by atoms with E-state index in [2.05, 4.69) is 41.5 Å². The lowest BCUT2D eigenvalue weighted by Crippen LogP contribution is -2.19. The largest absolute Gasteiger partial charge is 0.483 e. The molecule has 0 atom stereocenters. The highest BCUT2D eigenvalue weighted by Gasteiger charge is 2.12. The average molecular weight is 649 g/mol. The summed E-state index contributed by atoms with van der Waals surface area (Å²) in [7, 11) is 0. The van der Waals surface area contributed by atoms with E-state index in [1.165, 1.54) is 0 Å². The van der Waals surface area contributed by atoms with Crippen LogP contribution in [0.3, 0.4) is 0 Å². The lowest BCUT2D eigenvalue weighted by atomic mass is 10.1. The normalized spacial score (nSPS) is 12.8. The lowest BCUT2D eigenvalue weighted by Gasteiger charge is -2.08. The Morgan fingerprint density at radius 2 is 1.00 bits per heavy atom. The van der Waals surface area contributed by atoms with Crippen molar-refractivity contribution in [2.75, 3.05) is 36.8 Å².